The Bertz CT molecular complexity index is 775. The van der Waals surface area contributed by atoms with Gasteiger partial charge in [0, 0.05) is 25.0 Å². The second kappa shape index (κ2) is 6.29. The van der Waals surface area contributed by atoms with Gasteiger partial charge in [-0.15, -0.1) is 0 Å². The number of aromatic nitrogens is 1. The minimum atomic E-state index is -3.40. The molecule has 3 rings (SSSR count). The van der Waals surface area contributed by atoms with E-state index in [1.54, 1.807) is 12.1 Å². The van der Waals surface area contributed by atoms with Gasteiger partial charge in [0.15, 0.2) is 0 Å². The highest BCUT2D eigenvalue weighted by Crippen LogP contribution is 2.22. The predicted molar refractivity (Wildman–Crippen MR) is 91.4 cm³/mol. The third-order valence-corrected chi connectivity index (χ3v) is 5.82. The third-order valence-electron chi connectivity index (χ3n) is 3.93. The van der Waals surface area contributed by atoms with E-state index < -0.39 is 10.0 Å². The van der Waals surface area contributed by atoms with Crippen LogP contribution in [0.15, 0.2) is 41.4 Å². The Kier molecular flexibility index (Phi) is 4.37. The average molecular weight is 331 g/mol. The van der Waals surface area contributed by atoms with Crippen LogP contribution in [0.1, 0.15) is 24.0 Å². The smallest absolute Gasteiger partial charge is 0.244 e. The molecule has 0 atom stereocenters. The first-order chi connectivity index (χ1) is 10.9. The van der Waals surface area contributed by atoms with E-state index in [4.69, 9.17) is 0 Å². The fraction of sp³-hybridized carbons (Fsp3) is 0.353. The van der Waals surface area contributed by atoms with Gasteiger partial charge in [-0.2, -0.15) is 4.31 Å². The second-order valence-electron chi connectivity index (χ2n) is 5.99. The summed E-state index contributed by atoms with van der Waals surface area (Å²) in [6, 6.07) is 9.49. The second-order valence-corrected chi connectivity index (χ2v) is 7.93. The molecule has 0 spiro atoms. The molecule has 1 fully saturated rings. The van der Waals surface area contributed by atoms with Crippen molar-refractivity contribution in [2.24, 2.45) is 0 Å². The Morgan fingerprint density at radius 3 is 2.26 bits per heavy atom. The van der Waals surface area contributed by atoms with Crippen molar-refractivity contribution in [1.82, 2.24) is 9.29 Å². The summed E-state index contributed by atoms with van der Waals surface area (Å²) in [5, 5.41) is 3.21. The molecule has 5 nitrogen and oxygen atoms in total. The van der Waals surface area contributed by atoms with Gasteiger partial charge in [0.1, 0.15) is 10.7 Å². The van der Waals surface area contributed by atoms with Crippen LogP contribution in [0, 0.1) is 13.8 Å². The number of aryl methyl sites for hydroxylation is 2. The maximum atomic E-state index is 12.5. The Hall–Kier alpha value is -1.92. The van der Waals surface area contributed by atoms with Crippen LogP contribution in [-0.2, 0) is 10.0 Å². The first-order valence-corrected chi connectivity index (χ1v) is 9.21. The van der Waals surface area contributed by atoms with Crippen molar-refractivity contribution in [2.75, 3.05) is 18.4 Å². The van der Waals surface area contributed by atoms with Gasteiger partial charge in [0.05, 0.1) is 0 Å². The van der Waals surface area contributed by atoms with Gasteiger partial charge in [0.2, 0.25) is 10.0 Å². The summed E-state index contributed by atoms with van der Waals surface area (Å²) >= 11 is 0. The topological polar surface area (TPSA) is 62.3 Å². The first kappa shape index (κ1) is 16.0. The van der Waals surface area contributed by atoms with Crippen molar-refractivity contribution >= 4 is 21.5 Å². The Labute approximate surface area is 137 Å². The van der Waals surface area contributed by atoms with Crippen LogP contribution in [0.25, 0.3) is 0 Å². The minimum Gasteiger partial charge on any atom is -0.340 e. The maximum absolute atomic E-state index is 12.5. The van der Waals surface area contributed by atoms with Crippen LogP contribution >= 0.6 is 0 Å². The average Bonchev–Trinajstić information content (AvgIpc) is 3.01. The lowest BCUT2D eigenvalue weighted by Gasteiger charge is -2.15. The molecule has 2 aromatic rings. The molecule has 0 saturated carbocycles. The molecule has 6 heteroatoms. The van der Waals surface area contributed by atoms with E-state index in [9.17, 15) is 8.42 Å². The number of benzene rings is 1. The van der Waals surface area contributed by atoms with E-state index >= 15 is 0 Å². The molecule has 0 bridgehead atoms. The largest absolute Gasteiger partial charge is 0.340 e. The van der Waals surface area contributed by atoms with Crippen molar-refractivity contribution in [3.8, 4) is 0 Å². The highest BCUT2D eigenvalue weighted by atomic mass is 32.2. The van der Waals surface area contributed by atoms with Crippen LogP contribution in [-0.4, -0.2) is 30.8 Å². The molecule has 0 aliphatic carbocycles. The van der Waals surface area contributed by atoms with E-state index in [0.717, 1.165) is 18.5 Å². The lowest BCUT2D eigenvalue weighted by Crippen LogP contribution is -2.27. The maximum Gasteiger partial charge on any atom is 0.244 e. The molecule has 2 heterocycles. The number of anilines is 2. The standard InChI is InChI=1S/C17H21N3O2S/c1-13-9-14(2)11-15(10-13)19-17-6-5-16(12-18-17)23(21,22)20-7-3-4-8-20/h5-6,9-12H,3-4,7-8H2,1-2H3,(H,18,19). The van der Waals surface area contributed by atoms with E-state index in [2.05, 4.69) is 16.4 Å². The van der Waals surface area contributed by atoms with Gasteiger partial charge in [-0.25, -0.2) is 13.4 Å². The molecule has 1 aliphatic heterocycles. The molecule has 1 aromatic heterocycles. The molecule has 0 radical (unpaired) electrons. The molecule has 0 amide bonds. The third kappa shape index (κ3) is 3.54. The molecule has 1 aliphatic rings. The molecular formula is C17H21N3O2S. The molecule has 1 saturated heterocycles. The number of pyridine rings is 1. The summed E-state index contributed by atoms with van der Waals surface area (Å²) < 4.78 is 26.4. The van der Waals surface area contributed by atoms with Crippen LogP contribution in [0.3, 0.4) is 0 Å². The zero-order chi connectivity index (χ0) is 16.4. The van der Waals surface area contributed by atoms with Gasteiger partial charge in [-0.1, -0.05) is 6.07 Å². The van der Waals surface area contributed by atoms with Crippen molar-refractivity contribution < 1.29 is 8.42 Å². The molecular weight excluding hydrogens is 310 g/mol. The highest BCUT2D eigenvalue weighted by molar-refractivity contribution is 7.89. The first-order valence-electron chi connectivity index (χ1n) is 7.77. The SMILES string of the molecule is Cc1cc(C)cc(Nc2ccc(S(=O)(=O)N3CCCC3)cn2)c1. The molecule has 23 heavy (non-hydrogen) atoms. The molecule has 0 unspecified atom stereocenters. The Morgan fingerprint density at radius 1 is 1.04 bits per heavy atom. The number of sulfonamides is 1. The summed E-state index contributed by atoms with van der Waals surface area (Å²) in [5.74, 6) is 0.635. The summed E-state index contributed by atoms with van der Waals surface area (Å²) in [6.45, 7) is 5.28. The van der Waals surface area contributed by atoms with Crippen molar-refractivity contribution in [1.29, 1.82) is 0 Å². The minimum absolute atomic E-state index is 0.255. The van der Waals surface area contributed by atoms with Crippen molar-refractivity contribution in [3.05, 3.63) is 47.7 Å². The van der Waals surface area contributed by atoms with Crippen LogP contribution in [0.4, 0.5) is 11.5 Å². The Morgan fingerprint density at radius 2 is 1.70 bits per heavy atom. The number of rotatable bonds is 4. The molecule has 122 valence electrons. The van der Waals surface area contributed by atoms with E-state index in [0.29, 0.717) is 18.9 Å². The van der Waals surface area contributed by atoms with E-state index in [-0.39, 0.29) is 4.90 Å². The summed E-state index contributed by atoms with van der Waals surface area (Å²) in [4.78, 5) is 4.51. The zero-order valence-electron chi connectivity index (χ0n) is 13.4. The summed E-state index contributed by atoms with van der Waals surface area (Å²) in [5.41, 5.74) is 3.28. The van der Waals surface area contributed by atoms with Gasteiger partial charge in [-0.05, 0) is 62.1 Å². The summed E-state index contributed by atoms with van der Waals surface area (Å²) in [7, 11) is -3.40. The number of nitrogens with zero attached hydrogens (tertiary/aromatic N) is 2. The number of hydrogen-bond donors (Lipinski definition) is 1. The zero-order valence-corrected chi connectivity index (χ0v) is 14.2. The number of nitrogens with one attached hydrogen (secondary N) is 1. The Balaban J connectivity index is 1.79. The van der Waals surface area contributed by atoms with Gasteiger partial charge in [0.25, 0.3) is 0 Å². The van der Waals surface area contributed by atoms with Crippen molar-refractivity contribution in [3.63, 3.8) is 0 Å². The fourth-order valence-electron chi connectivity index (χ4n) is 2.88. The monoisotopic (exact) mass is 331 g/mol. The van der Waals surface area contributed by atoms with Crippen molar-refractivity contribution in [2.45, 2.75) is 31.6 Å². The molecule has 1 aromatic carbocycles. The van der Waals surface area contributed by atoms with E-state index in [1.807, 2.05) is 26.0 Å². The predicted octanol–water partition coefficient (Wildman–Crippen LogP) is 3.23. The highest BCUT2D eigenvalue weighted by Gasteiger charge is 2.27. The molecule has 1 N–H and O–H groups in total. The quantitative estimate of drug-likeness (QED) is 0.934. The summed E-state index contributed by atoms with van der Waals surface area (Å²) in [6.07, 6.45) is 3.29. The van der Waals surface area contributed by atoms with Gasteiger partial charge in [-0.3, -0.25) is 0 Å². The fourth-order valence-corrected chi connectivity index (χ4v) is 4.34. The lowest BCUT2D eigenvalue weighted by atomic mass is 10.1. The van der Waals surface area contributed by atoms with Gasteiger partial charge >= 0.3 is 0 Å². The van der Waals surface area contributed by atoms with Crippen LogP contribution in [0.5, 0.6) is 0 Å². The number of hydrogen-bond acceptors (Lipinski definition) is 4. The van der Waals surface area contributed by atoms with Gasteiger partial charge < -0.3 is 5.32 Å². The van der Waals surface area contributed by atoms with Crippen LogP contribution < -0.4 is 5.32 Å². The van der Waals surface area contributed by atoms with Crippen LogP contribution in [0.2, 0.25) is 0 Å². The van der Waals surface area contributed by atoms with E-state index in [1.165, 1.54) is 21.6 Å². The lowest BCUT2D eigenvalue weighted by molar-refractivity contribution is 0.477. The normalized spacial score (nSPS) is 15.7.